The third kappa shape index (κ3) is 4.88. The van der Waals surface area contributed by atoms with Gasteiger partial charge in [0.1, 0.15) is 11.5 Å². The van der Waals surface area contributed by atoms with Crippen LogP contribution in [0.1, 0.15) is 52.4 Å². The molecular weight excluding hydrogens is 492 g/mol. The van der Waals surface area contributed by atoms with Crippen LogP contribution >= 0.6 is 0 Å². The fourth-order valence-electron chi connectivity index (χ4n) is 6.17. The predicted molar refractivity (Wildman–Crippen MR) is 152 cm³/mol. The number of aromatic carboxylic acids is 1. The Labute approximate surface area is 228 Å². The predicted octanol–water partition coefficient (Wildman–Crippen LogP) is 6.40. The summed E-state index contributed by atoms with van der Waals surface area (Å²) < 4.78 is 18.2. The van der Waals surface area contributed by atoms with Gasteiger partial charge in [-0.15, -0.1) is 0 Å². The Hall–Kier alpha value is -3.81. The van der Waals surface area contributed by atoms with Crippen LogP contribution in [0, 0.1) is 6.92 Å². The number of carboxylic acid groups (broad SMARTS) is 1. The summed E-state index contributed by atoms with van der Waals surface area (Å²) in [7, 11) is 1.73. The summed E-state index contributed by atoms with van der Waals surface area (Å²) in [6.45, 7) is 4.77. The molecule has 3 heterocycles. The molecule has 6 rings (SSSR count). The molecule has 0 radical (unpaired) electrons. The molecule has 2 atom stereocenters. The molecule has 1 saturated heterocycles. The third-order valence-electron chi connectivity index (χ3n) is 8.12. The van der Waals surface area contributed by atoms with E-state index in [1.165, 1.54) is 0 Å². The van der Waals surface area contributed by atoms with E-state index in [0.29, 0.717) is 25.3 Å². The molecule has 3 aromatic carbocycles. The number of methoxy groups -OCH3 is 1. The zero-order valence-corrected chi connectivity index (χ0v) is 22.4. The summed E-state index contributed by atoms with van der Waals surface area (Å²) in [4.78, 5) is 18.0. The van der Waals surface area contributed by atoms with E-state index in [9.17, 15) is 9.90 Å². The number of carbonyl (C=O) groups is 1. The van der Waals surface area contributed by atoms with Crippen LogP contribution in [0.3, 0.4) is 0 Å². The van der Waals surface area contributed by atoms with E-state index < -0.39 is 5.97 Å². The van der Waals surface area contributed by atoms with Crippen LogP contribution in [0.4, 0.5) is 0 Å². The highest BCUT2D eigenvalue weighted by Gasteiger charge is 2.33. The highest BCUT2D eigenvalue weighted by Crippen LogP contribution is 2.41. The molecule has 2 aliphatic heterocycles. The molecule has 202 valence electrons. The lowest BCUT2D eigenvalue weighted by atomic mass is 9.88. The zero-order chi connectivity index (χ0) is 26.9. The Morgan fingerprint density at radius 2 is 2.03 bits per heavy atom. The number of piperidine rings is 1. The lowest BCUT2D eigenvalue weighted by Gasteiger charge is -2.40. The molecule has 0 spiro atoms. The third-order valence-corrected chi connectivity index (χ3v) is 8.12. The van der Waals surface area contributed by atoms with Gasteiger partial charge in [-0.2, -0.15) is 0 Å². The molecule has 4 aromatic rings. The summed E-state index contributed by atoms with van der Waals surface area (Å²) in [5, 5.41) is 12.7. The van der Waals surface area contributed by atoms with Crippen molar-refractivity contribution in [3.8, 4) is 11.5 Å². The molecule has 1 fully saturated rings. The topological polar surface area (TPSA) is 84.0 Å². The Bertz CT molecular complexity index is 1560. The fraction of sp³-hybridized carbons (Fsp3) is 0.344. The second-order valence-electron chi connectivity index (χ2n) is 10.4. The first kappa shape index (κ1) is 25.5. The average Bonchev–Trinajstić information content (AvgIpc) is 3.44. The number of rotatable bonds is 4. The lowest BCUT2D eigenvalue weighted by molar-refractivity contribution is -0.00747. The second-order valence-corrected chi connectivity index (χ2v) is 10.4. The lowest BCUT2D eigenvalue weighted by Crippen LogP contribution is -2.39. The molecule has 7 heteroatoms. The average molecular weight is 527 g/mol. The number of benzene rings is 3. The minimum atomic E-state index is -0.930. The monoisotopic (exact) mass is 526 g/mol. The number of H-pyrrole nitrogens is 1. The molecule has 2 aliphatic rings. The van der Waals surface area contributed by atoms with E-state index in [0.717, 1.165) is 75.7 Å². The number of likely N-dealkylation sites (tertiary alicyclic amines) is 1. The highest BCUT2D eigenvalue weighted by molar-refractivity contribution is 6.05. The smallest absolute Gasteiger partial charge is 0.336 e. The molecular formula is C32H34N2O5. The number of hydrogen-bond acceptors (Lipinski definition) is 5. The van der Waals surface area contributed by atoms with E-state index in [1.807, 2.05) is 30.5 Å². The van der Waals surface area contributed by atoms with Crippen molar-refractivity contribution in [2.45, 2.75) is 44.9 Å². The van der Waals surface area contributed by atoms with E-state index in [2.05, 4.69) is 41.1 Å². The first-order valence-electron chi connectivity index (χ1n) is 13.6. The first-order valence-corrected chi connectivity index (χ1v) is 13.6. The van der Waals surface area contributed by atoms with Gasteiger partial charge in [0.2, 0.25) is 0 Å². The van der Waals surface area contributed by atoms with Crippen LogP contribution in [-0.4, -0.2) is 53.9 Å². The first-order chi connectivity index (χ1) is 19.0. The standard InChI is InChI=1S/C32H34N2O5/c1-20-16-30(37-2)28(25-10-12-33-31(20)25)19-34-13-11-22-18-29(34)24-8-9-26(32(35)36)23-7-6-21(17-27(23)24)38-14-4-3-5-15-39-22/h3,5-10,12,16-17,22,29,33H,4,11,13-15,18-19H2,1-2H3,(H,35,36)/b5-3+/t22-,29-/m0/s1. The number of nitrogens with zero attached hydrogens (tertiary/aromatic N) is 1. The van der Waals surface area contributed by atoms with Gasteiger partial charge in [0.05, 0.1) is 32.0 Å². The van der Waals surface area contributed by atoms with Crippen molar-refractivity contribution in [3.63, 3.8) is 0 Å². The fourth-order valence-corrected chi connectivity index (χ4v) is 6.17. The van der Waals surface area contributed by atoms with E-state index in [-0.39, 0.29) is 12.1 Å². The van der Waals surface area contributed by atoms with Crippen LogP contribution in [-0.2, 0) is 11.3 Å². The minimum Gasteiger partial charge on any atom is -0.496 e. The number of fused-ring (bicyclic) bond motifs is 5. The SMILES string of the molecule is COc1cc(C)c2[nH]ccc2c1CN1CC[C@H]2C[C@H]1c1ccc(C(=O)O)c3ccc(cc13)OCC/C=C/CO2. The van der Waals surface area contributed by atoms with Crippen molar-refractivity contribution in [2.24, 2.45) is 0 Å². The van der Waals surface area contributed by atoms with Crippen molar-refractivity contribution in [3.05, 3.63) is 83.1 Å². The van der Waals surface area contributed by atoms with Crippen molar-refractivity contribution < 1.29 is 24.1 Å². The Balaban J connectivity index is 1.48. The van der Waals surface area contributed by atoms with Crippen LogP contribution < -0.4 is 9.47 Å². The number of aryl methyl sites for hydroxylation is 1. The van der Waals surface area contributed by atoms with Gasteiger partial charge in [-0.25, -0.2) is 4.79 Å². The number of carboxylic acids is 1. The van der Waals surface area contributed by atoms with Crippen molar-refractivity contribution in [1.82, 2.24) is 9.88 Å². The van der Waals surface area contributed by atoms with Crippen LogP contribution in [0.15, 0.2) is 60.8 Å². The van der Waals surface area contributed by atoms with Gasteiger partial charge in [-0.1, -0.05) is 18.2 Å². The van der Waals surface area contributed by atoms with Gasteiger partial charge in [-0.05, 0) is 84.5 Å². The molecule has 7 nitrogen and oxygen atoms in total. The van der Waals surface area contributed by atoms with Gasteiger partial charge < -0.3 is 24.3 Å². The van der Waals surface area contributed by atoms with Crippen LogP contribution in [0.25, 0.3) is 21.7 Å². The van der Waals surface area contributed by atoms with Gasteiger partial charge in [-0.3, -0.25) is 4.90 Å². The van der Waals surface area contributed by atoms with Gasteiger partial charge in [0, 0.05) is 41.8 Å². The van der Waals surface area contributed by atoms with Crippen molar-refractivity contribution >= 4 is 27.6 Å². The normalized spacial score (nSPS) is 21.0. The molecule has 0 unspecified atom stereocenters. The maximum absolute atomic E-state index is 12.1. The largest absolute Gasteiger partial charge is 0.496 e. The zero-order valence-electron chi connectivity index (χ0n) is 22.4. The summed E-state index contributed by atoms with van der Waals surface area (Å²) in [5.74, 6) is 0.702. The Morgan fingerprint density at radius 3 is 2.87 bits per heavy atom. The summed E-state index contributed by atoms with van der Waals surface area (Å²) in [6.07, 6.45) is 8.79. The van der Waals surface area contributed by atoms with Gasteiger partial charge in [0.25, 0.3) is 0 Å². The molecule has 1 aromatic heterocycles. The maximum atomic E-state index is 12.1. The van der Waals surface area contributed by atoms with Crippen molar-refractivity contribution in [1.29, 1.82) is 0 Å². The summed E-state index contributed by atoms with van der Waals surface area (Å²) >= 11 is 0. The van der Waals surface area contributed by atoms with Crippen LogP contribution in [0.5, 0.6) is 11.5 Å². The molecule has 2 N–H and O–H groups in total. The molecule has 0 aliphatic carbocycles. The van der Waals surface area contributed by atoms with E-state index in [4.69, 9.17) is 14.2 Å². The molecule has 0 amide bonds. The second kappa shape index (κ2) is 10.8. The number of hydrogen-bond donors (Lipinski definition) is 2. The van der Waals surface area contributed by atoms with Crippen LogP contribution in [0.2, 0.25) is 0 Å². The number of ether oxygens (including phenoxy) is 3. The summed E-state index contributed by atoms with van der Waals surface area (Å²) in [6, 6.07) is 13.7. The van der Waals surface area contributed by atoms with E-state index in [1.54, 1.807) is 13.2 Å². The Morgan fingerprint density at radius 1 is 1.13 bits per heavy atom. The molecule has 39 heavy (non-hydrogen) atoms. The molecule has 4 bridgehead atoms. The quantitative estimate of drug-likeness (QED) is 0.300. The van der Waals surface area contributed by atoms with Gasteiger partial charge in [0.15, 0.2) is 0 Å². The molecule has 0 saturated carbocycles. The van der Waals surface area contributed by atoms with E-state index >= 15 is 0 Å². The number of nitrogens with one attached hydrogen (secondary N) is 1. The van der Waals surface area contributed by atoms with Gasteiger partial charge >= 0.3 is 5.97 Å². The Kier molecular flexibility index (Phi) is 7.02. The summed E-state index contributed by atoms with van der Waals surface area (Å²) in [5.41, 5.74) is 4.82. The highest BCUT2D eigenvalue weighted by atomic mass is 16.5. The van der Waals surface area contributed by atoms with Crippen molar-refractivity contribution in [2.75, 3.05) is 26.9 Å². The maximum Gasteiger partial charge on any atom is 0.336 e. The number of aromatic nitrogens is 1. The minimum absolute atomic E-state index is 0.0243. The number of aromatic amines is 1.